The number of aromatic nitrogens is 1. The van der Waals surface area contributed by atoms with Crippen LogP contribution in [0.5, 0.6) is 0 Å². The molecule has 2 N–H and O–H groups in total. The first-order chi connectivity index (χ1) is 6.70. The molecular formula is C9H12N2O2S. The molecule has 0 bridgehead atoms. The molecule has 1 heterocycles. The van der Waals surface area contributed by atoms with Gasteiger partial charge < -0.3 is 10.4 Å². The first-order valence-electron chi connectivity index (χ1n) is 4.66. The molecule has 1 aromatic rings. The van der Waals surface area contributed by atoms with Crippen molar-refractivity contribution in [3.63, 3.8) is 0 Å². The molecule has 0 saturated heterocycles. The summed E-state index contributed by atoms with van der Waals surface area (Å²) in [7, 11) is 0. The molecule has 0 spiro atoms. The highest BCUT2D eigenvalue weighted by atomic mass is 32.1. The van der Waals surface area contributed by atoms with E-state index >= 15 is 0 Å². The van der Waals surface area contributed by atoms with Crippen molar-refractivity contribution in [3.05, 3.63) is 11.1 Å². The lowest BCUT2D eigenvalue weighted by atomic mass is 10.3. The Labute approximate surface area is 86.0 Å². The molecule has 5 heteroatoms. The number of thiazole rings is 1. The Balaban J connectivity index is 1.94. The number of rotatable bonds is 4. The molecule has 1 fully saturated rings. The van der Waals surface area contributed by atoms with Crippen LogP contribution in [-0.4, -0.2) is 22.1 Å². The Morgan fingerprint density at radius 1 is 1.86 bits per heavy atom. The van der Waals surface area contributed by atoms with E-state index in [0.29, 0.717) is 6.04 Å². The molecule has 14 heavy (non-hydrogen) atoms. The molecule has 1 aliphatic rings. The van der Waals surface area contributed by atoms with Crippen molar-refractivity contribution in [2.75, 3.05) is 5.32 Å². The van der Waals surface area contributed by atoms with Crippen molar-refractivity contribution in [1.82, 2.24) is 4.98 Å². The van der Waals surface area contributed by atoms with E-state index in [0.717, 1.165) is 11.0 Å². The maximum Gasteiger partial charge on any atom is 0.355 e. The van der Waals surface area contributed by atoms with Crippen molar-refractivity contribution in [2.45, 2.75) is 25.8 Å². The molecule has 0 radical (unpaired) electrons. The average molecular weight is 212 g/mol. The van der Waals surface area contributed by atoms with E-state index in [1.54, 1.807) is 5.38 Å². The largest absolute Gasteiger partial charge is 0.476 e. The third-order valence-corrected chi connectivity index (χ3v) is 3.25. The maximum atomic E-state index is 10.6. The second-order valence-corrected chi connectivity index (χ2v) is 4.36. The summed E-state index contributed by atoms with van der Waals surface area (Å²) < 4.78 is 0. The molecule has 2 unspecified atom stereocenters. The summed E-state index contributed by atoms with van der Waals surface area (Å²) in [6.45, 7) is 2.16. The summed E-state index contributed by atoms with van der Waals surface area (Å²) in [6, 6.07) is 0.507. The second-order valence-electron chi connectivity index (χ2n) is 3.50. The lowest BCUT2D eigenvalue weighted by molar-refractivity contribution is 0.0691. The molecule has 2 rings (SSSR count). The monoisotopic (exact) mass is 212 g/mol. The zero-order valence-electron chi connectivity index (χ0n) is 7.86. The van der Waals surface area contributed by atoms with Crippen LogP contribution in [0.3, 0.4) is 0 Å². The molecular weight excluding hydrogens is 200 g/mol. The number of hydrogen-bond donors (Lipinski definition) is 2. The van der Waals surface area contributed by atoms with Gasteiger partial charge in [0.1, 0.15) is 0 Å². The molecule has 0 aromatic carbocycles. The van der Waals surface area contributed by atoms with Gasteiger partial charge >= 0.3 is 5.97 Å². The van der Waals surface area contributed by atoms with E-state index in [9.17, 15) is 4.79 Å². The van der Waals surface area contributed by atoms with E-state index in [1.807, 2.05) is 0 Å². The van der Waals surface area contributed by atoms with Gasteiger partial charge in [-0.25, -0.2) is 9.78 Å². The Morgan fingerprint density at radius 2 is 2.64 bits per heavy atom. The van der Waals surface area contributed by atoms with Crippen LogP contribution in [0.1, 0.15) is 30.3 Å². The fraction of sp³-hybridized carbons (Fsp3) is 0.556. The first-order valence-corrected chi connectivity index (χ1v) is 5.54. The zero-order valence-corrected chi connectivity index (χ0v) is 8.67. The third-order valence-electron chi connectivity index (χ3n) is 2.48. The molecule has 76 valence electrons. The maximum absolute atomic E-state index is 10.6. The Hall–Kier alpha value is -1.10. The van der Waals surface area contributed by atoms with Gasteiger partial charge in [-0.2, -0.15) is 0 Å². The number of nitrogens with one attached hydrogen (secondary N) is 1. The van der Waals surface area contributed by atoms with E-state index in [2.05, 4.69) is 17.2 Å². The second kappa shape index (κ2) is 3.57. The third kappa shape index (κ3) is 1.87. The summed E-state index contributed by atoms with van der Waals surface area (Å²) in [5.74, 6) is -0.218. The summed E-state index contributed by atoms with van der Waals surface area (Å²) in [4.78, 5) is 14.5. The lowest BCUT2D eigenvalue weighted by Crippen LogP contribution is -2.04. The fourth-order valence-corrected chi connectivity index (χ4v) is 2.22. The number of carboxylic acid groups (broad SMARTS) is 1. The quantitative estimate of drug-likeness (QED) is 0.801. The van der Waals surface area contributed by atoms with Crippen LogP contribution in [0.25, 0.3) is 0 Å². The van der Waals surface area contributed by atoms with E-state index < -0.39 is 5.97 Å². The Bertz CT molecular complexity index is 350. The average Bonchev–Trinajstić information content (AvgIpc) is 2.71. The summed E-state index contributed by atoms with van der Waals surface area (Å²) >= 11 is 1.36. The van der Waals surface area contributed by atoms with Crippen molar-refractivity contribution >= 4 is 22.4 Å². The predicted octanol–water partition coefficient (Wildman–Crippen LogP) is 2.05. The van der Waals surface area contributed by atoms with Crippen molar-refractivity contribution in [2.24, 2.45) is 5.92 Å². The standard InChI is InChI=1S/C9H12N2O2S/c1-2-5-3-6(5)10-9-11-7(4-14-9)8(12)13/h4-6H,2-3H2,1H3,(H,10,11)(H,12,13). The fourth-order valence-electron chi connectivity index (χ4n) is 1.47. The molecule has 4 nitrogen and oxygen atoms in total. The van der Waals surface area contributed by atoms with Crippen LogP contribution in [0.15, 0.2) is 5.38 Å². The molecule has 0 amide bonds. The number of carbonyl (C=O) groups is 1. The highest BCUT2D eigenvalue weighted by Crippen LogP contribution is 2.36. The van der Waals surface area contributed by atoms with Crippen LogP contribution in [0.4, 0.5) is 5.13 Å². The van der Waals surface area contributed by atoms with Gasteiger partial charge in [0.05, 0.1) is 0 Å². The molecule has 1 aliphatic carbocycles. The van der Waals surface area contributed by atoms with Gasteiger partial charge in [-0.05, 0) is 12.3 Å². The van der Waals surface area contributed by atoms with Gasteiger partial charge in [-0.15, -0.1) is 11.3 Å². The molecule has 1 saturated carbocycles. The van der Waals surface area contributed by atoms with Crippen molar-refractivity contribution in [1.29, 1.82) is 0 Å². The summed E-state index contributed by atoms with van der Waals surface area (Å²) in [5, 5.41) is 14.2. The SMILES string of the molecule is CCC1CC1Nc1nc(C(=O)O)cs1. The first kappa shape index (κ1) is 9.45. The predicted molar refractivity (Wildman–Crippen MR) is 54.9 cm³/mol. The van der Waals surface area contributed by atoms with Crippen LogP contribution in [-0.2, 0) is 0 Å². The van der Waals surface area contributed by atoms with Crippen molar-refractivity contribution < 1.29 is 9.90 Å². The highest BCUT2D eigenvalue weighted by Gasteiger charge is 2.35. The van der Waals surface area contributed by atoms with E-state index in [1.165, 1.54) is 24.2 Å². The van der Waals surface area contributed by atoms with Crippen LogP contribution >= 0.6 is 11.3 Å². The normalized spacial score (nSPS) is 24.6. The minimum absolute atomic E-state index is 0.131. The number of aromatic carboxylic acids is 1. The Kier molecular flexibility index (Phi) is 2.41. The smallest absolute Gasteiger partial charge is 0.355 e. The minimum Gasteiger partial charge on any atom is -0.476 e. The minimum atomic E-state index is -0.961. The van der Waals surface area contributed by atoms with Gasteiger partial charge in [0.2, 0.25) is 0 Å². The number of nitrogens with zero attached hydrogens (tertiary/aromatic N) is 1. The van der Waals surface area contributed by atoms with Crippen LogP contribution in [0, 0.1) is 5.92 Å². The number of hydrogen-bond acceptors (Lipinski definition) is 4. The lowest BCUT2D eigenvalue weighted by Gasteiger charge is -1.98. The van der Waals surface area contributed by atoms with E-state index in [4.69, 9.17) is 5.11 Å². The molecule has 2 atom stereocenters. The van der Waals surface area contributed by atoms with Gasteiger partial charge in [0.25, 0.3) is 0 Å². The van der Waals surface area contributed by atoms with Gasteiger partial charge in [-0.1, -0.05) is 13.3 Å². The summed E-state index contributed by atoms with van der Waals surface area (Å²) in [6.07, 6.45) is 2.35. The topological polar surface area (TPSA) is 62.2 Å². The molecule has 0 aliphatic heterocycles. The number of carboxylic acids is 1. The Morgan fingerprint density at radius 3 is 3.14 bits per heavy atom. The van der Waals surface area contributed by atoms with Gasteiger partial charge in [0, 0.05) is 11.4 Å². The van der Waals surface area contributed by atoms with Crippen LogP contribution < -0.4 is 5.32 Å². The number of anilines is 1. The van der Waals surface area contributed by atoms with E-state index in [-0.39, 0.29) is 5.69 Å². The van der Waals surface area contributed by atoms with Gasteiger partial charge in [-0.3, -0.25) is 0 Å². The zero-order chi connectivity index (χ0) is 10.1. The van der Waals surface area contributed by atoms with Gasteiger partial charge in [0.15, 0.2) is 10.8 Å². The summed E-state index contributed by atoms with van der Waals surface area (Å²) in [5.41, 5.74) is 0.131. The van der Waals surface area contributed by atoms with Crippen LogP contribution in [0.2, 0.25) is 0 Å². The molecule has 1 aromatic heterocycles. The highest BCUT2D eigenvalue weighted by molar-refractivity contribution is 7.13. The van der Waals surface area contributed by atoms with Crippen molar-refractivity contribution in [3.8, 4) is 0 Å².